The molecule has 0 radical (unpaired) electrons. The van der Waals surface area contributed by atoms with Crippen molar-refractivity contribution in [3.05, 3.63) is 0 Å². The van der Waals surface area contributed by atoms with Crippen LogP contribution in [0.25, 0.3) is 0 Å². The van der Waals surface area contributed by atoms with E-state index in [4.69, 9.17) is 0 Å². The maximum absolute atomic E-state index is 11.5. The van der Waals surface area contributed by atoms with Crippen LogP contribution in [0.5, 0.6) is 0 Å². The molecule has 0 aromatic rings. The molecule has 0 aliphatic heterocycles. The van der Waals surface area contributed by atoms with Gasteiger partial charge in [0.15, 0.2) is 0 Å². The van der Waals surface area contributed by atoms with Gasteiger partial charge in [0.1, 0.15) is 5.78 Å². The minimum Gasteiger partial charge on any atom is -0.300 e. The Morgan fingerprint density at radius 3 is 2.08 bits per heavy atom. The summed E-state index contributed by atoms with van der Waals surface area (Å²) in [5, 5.41) is 0. The largest absolute Gasteiger partial charge is 0.300 e. The number of Topliss-reactive ketones (excluding diaryl/α,β-unsaturated/α-hetero) is 1. The van der Waals surface area contributed by atoms with Crippen molar-refractivity contribution in [1.29, 1.82) is 0 Å². The molecule has 0 N–H and O–H groups in total. The van der Waals surface area contributed by atoms with Crippen molar-refractivity contribution < 1.29 is 4.79 Å². The van der Waals surface area contributed by atoms with Crippen LogP contribution in [-0.2, 0) is 4.79 Å². The molecule has 1 heteroatoms. The normalized spacial score (nSPS) is 11.2. The van der Waals surface area contributed by atoms with E-state index in [2.05, 4.69) is 27.7 Å². The Hall–Kier alpha value is -0.330. The molecule has 0 aromatic carbocycles. The Morgan fingerprint density at radius 1 is 1.15 bits per heavy atom. The monoisotopic (exact) mass is 184 g/mol. The van der Waals surface area contributed by atoms with Crippen molar-refractivity contribution in [3.8, 4) is 0 Å². The van der Waals surface area contributed by atoms with Crippen molar-refractivity contribution in [2.75, 3.05) is 0 Å². The summed E-state index contributed by atoms with van der Waals surface area (Å²) in [7, 11) is 0. The third-order valence-corrected chi connectivity index (χ3v) is 2.67. The Labute approximate surface area is 82.9 Å². The highest BCUT2D eigenvalue weighted by Crippen LogP contribution is 2.15. The zero-order chi connectivity index (χ0) is 10.3. The fourth-order valence-corrected chi connectivity index (χ4v) is 1.45. The molecular weight excluding hydrogens is 160 g/mol. The number of ketones is 1. The molecule has 0 saturated carbocycles. The maximum atomic E-state index is 11.5. The van der Waals surface area contributed by atoms with E-state index in [0.29, 0.717) is 17.6 Å². The first-order chi connectivity index (χ1) is 6.10. The lowest BCUT2D eigenvalue weighted by atomic mass is 9.94. The van der Waals surface area contributed by atoms with Crippen molar-refractivity contribution in [3.63, 3.8) is 0 Å². The van der Waals surface area contributed by atoms with E-state index in [-0.39, 0.29) is 0 Å². The lowest BCUT2D eigenvalue weighted by molar-refractivity contribution is -0.120. The Bertz CT molecular complexity index is 134. The van der Waals surface area contributed by atoms with E-state index in [1.165, 1.54) is 0 Å². The maximum Gasteiger partial charge on any atom is 0.133 e. The summed E-state index contributed by atoms with van der Waals surface area (Å²) >= 11 is 0. The van der Waals surface area contributed by atoms with Crippen LogP contribution in [-0.4, -0.2) is 5.78 Å². The minimum atomic E-state index is 0.461. The van der Waals surface area contributed by atoms with Crippen LogP contribution < -0.4 is 0 Å². The van der Waals surface area contributed by atoms with Gasteiger partial charge in [-0.1, -0.05) is 40.5 Å². The highest BCUT2D eigenvalue weighted by molar-refractivity contribution is 5.78. The van der Waals surface area contributed by atoms with Gasteiger partial charge in [-0.3, -0.25) is 4.79 Å². The quantitative estimate of drug-likeness (QED) is 0.588. The van der Waals surface area contributed by atoms with Crippen LogP contribution in [0.1, 0.15) is 59.8 Å². The third-order valence-electron chi connectivity index (χ3n) is 2.67. The first kappa shape index (κ1) is 12.7. The van der Waals surface area contributed by atoms with E-state index in [9.17, 15) is 4.79 Å². The predicted molar refractivity (Wildman–Crippen MR) is 57.8 cm³/mol. The number of carbonyl (C=O) groups is 1. The molecule has 0 fully saturated rings. The van der Waals surface area contributed by atoms with Crippen LogP contribution in [0, 0.1) is 11.8 Å². The number of hydrogen-bond acceptors (Lipinski definition) is 1. The van der Waals surface area contributed by atoms with Gasteiger partial charge in [0.25, 0.3) is 0 Å². The summed E-state index contributed by atoms with van der Waals surface area (Å²) < 4.78 is 0. The van der Waals surface area contributed by atoms with Gasteiger partial charge in [-0.25, -0.2) is 0 Å². The first-order valence-electron chi connectivity index (χ1n) is 5.61. The SMILES string of the molecule is CCC(CC)CC(=O)CCC(C)C. The molecule has 0 spiro atoms. The Morgan fingerprint density at radius 2 is 1.69 bits per heavy atom. The fraction of sp³-hybridized carbons (Fsp3) is 0.917. The molecule has 0 unspecified atom stereocenters. The molecule has 0 rings (SSSR count). The Balaban J connectivity index is 3.60. The summed E-state index contributed by atoms with van der Waals surface area (Å²) in [6.07, 6.45) is 4.93. The van der Waals surface area contributed by atoms with Gasteiger partial charge in [0.2, 0.25) is 0 Å². The summed E-state index contributed by atoms with van der Waals surface area (Å²) in [4.78, 5) is 11.5. The van der Waals surface area contributed by atoms with Crippen molar-refractivity contribution >= 4 is 5.78 Å². The summed E-state index contributed by atoms with van der Waals surface area (Å²) in [6.45, 7) is 8.68. The first-order valence-corrected chi connectivity index (χ1v) is 5.61. The Kier molecular flexibility index (Phi) is 6.93. The fourth-order valence-electron chi connectivity index (χ4n) is 1.45. The summed E-state index contributed by atoms with van der Waals surface area (Å²) in [5.74, 6) is 1.74. The van der Waals surface area contributed by atoms with E-state index in [1.807, 2.05) is 0 Å². The third kappa shape index (κ3) is 6.80. The van der Waals surface area contributed by atoms with E-state index < -0.39 is 0 Å². The molecule has 0 aliphatic carbocycles. The van der Waals surface area contributed by atoms with Gasteiger partial charge in [0, 0.05) is 12.8 Å². The molecule has 0 aliphatic rings. The topological polar surface area (TPSA) is 17.1 Å². The van der Waals surface area contributed by atoms with Crippen LogP contribution >= 0.6 is 0 Å². The predicted octanol–water partition coefficient (Wildman–Crippen LogP) is 3.82. The molecule has 0 atom stereocenters. The molecule has 0 bridgehead atoms. The van der Waals surface area contributed by atoms with Gasteiger partial charge in [-0.05, 0) is 18.3 Å². The molecule has 0 amide bonds. The zero-order valence-electron chi connectivity index (χ0n) is 9.60. The number of carbonyl (C=O) groups excluding carboxylic acids is 1. The number of rotatable bonds is 7. The van der Waals surface area contributed by atoms with Gasteiger partial charge in [0.05, 0.1) is 0 Å². The van der Waals surface area contributed by atoms with Crippen LogP contribution in [0.2, 0.25) is 0 Å². The second-order valence-electron chi connectivity index (χ2n) is 4.36. The zero-order valence-corrected chi connectivity index (χ0v) is 9.60. The highest BCUT2D eigenvalue weighted by Gasteiger charge is 2.10. The van der Waals surface area contributed by atoms with Gasteiger partial charge in [-0.2, -0.15) is 0 Å². The summed E-state index contributed by atoms with van der Waals surface area (Å²) in [6, 6.07) is 0. The van der Waals surface area contributed by atoms with Crippen molar-refractivity contribution in [2.24, 2.45) is 11.8 Å². The van der Waals surface area contributed by atoms with Crippen LogP contribution in [0.3, 0.4) is 0 Å². The number of hydrogen-bond donors (Lipinski definition) is 0. The van der Waals surface area contributed by atoms with Gasteiger partial charge >= 0.3 is 0 Å². The molecule has 13 heavy (non-hydrogen) atoms. The highest BCUT2D eigenvalue weighted by atomic mass is 16.1. The lowest BCUT2D eigenvalue weighted by Crippen LogP contribution is -2.07. The van der Waals surface area contributed by atoms with Gasteiger partial charge < -0.3 is 0 Å². The second-order valence-corrected chi connectivity index (χ2v) is 4.36. The molecule has 0 saturated heterocycles. The van der Waals surface area contributed by atoms with E-state index in [1.54, 1.807) is 0 Å². The lowest BCUT2D eigenvalue weighted by Gasteiger charge is -2.11. The smallest absolute Gasteiger partial charge is 0.133 e. The summed E-state index contributed by atoms with van der Waals surface area (Å²) in [5.41, 5.74) is 0. The molecule has 1 nitrogen and oxygen atoms in total. The average Bonchev–Trinajstić information content (AvgIpc) is 2.10. The van der Waals surface area contributed by atoms with Crippen molar-refractivity contribution in [1.82, 2.24) is 0 Å². The van der Waals surface area contributed by atoms with Crippen LogP contribution in [0.4, 0.5) is 0 Å². The molecular formula is C12H24O. The molecule has 0 aromatic heterocycles. The van der Waals surface area contributed by atoms with E-state index in [0.717, 1.165) is 32.1 Å². The minimum absolute atomic E-state index is 0.461. The van der Waals surface area contributed by atoms with Crippen molar-refractivity contribution in [2.45, 2.75) is 59.8 Å². The standard InChI is InChI=1S/C12H24O/c1-5-11(6-2)9-12(13)8-7-10(3)4/h10-11H,5-9H2,1-4H3. The molecule has 0 heterocycles. The van der Waals surface area contributed by atoms with Crippen LogP contribution in [0.15, 0.2) is 0 Å². The van der Waals surface area contributed by atoms with E-state index >= 15 is 0 Å². The molecule has 78 valence electrons. The van der Waals surface area contributed by atoms with Gasteiger partial charge in [-0.15, -0.1) is 0 Å². The second kappa shape index (κ2) is 7.11. The average molecular weight is 184 g/mol.